The summed E-state index contributed by atoms with van der Waals surface area (Å²) in [7, 11) is 0. The summed E-state index contributed by atoms with van der Waals surface area (Å²) in [6.45, 7) is 5.36. The average molecular weight is 432 g/mol. The standard InChI is InChI=1S/C26H29N3O3/c1-19(2)15-16-27-25(30)24-14-8-13-23(29-24)22-12-7-6-11-21(22)17-28-26(31)32-18-20-9-4-3-5-10-20/h3-14,19H,15-18H2,1-2H3,(H,27,30)(H,28,31). The second-order valence-electron chi connectivity index (χ2n) is 7.92. The topological polar surface area (TPSA) is 80.3 Å². The van der Waals surface area contributed by atoms with Crippen LogP contribution in [0, 0.1) is 5.92 Å². The van der Waals surface area contributed by atoms with E-state index < -0.39 is 6.09 Å². The highest BCUT2D eigenvalue weighted by Crippen LogP contribution is 2.22. The van der Waals surface area contributed by atoms with Crippen molar-refractivity contribution < 1.29 is 14.3 Å². The highest BCUT2D eigenvalue weighted by molar-refractivity contribution is 5.92. The zero-order valence-electron chi connectivity index (χ0n) is 18.5. The highest BCUT2D eigenvalue weighted by atomic mass is 16.5. The number of hydrogen-bond acceptors (Lipinski definition) is 4. The van der Waals surface area contributed by atoms with Crippen LogP contribution in [0.15, 0.2) is 72.8 Å². The number of carbonyl (C=O) groups excluding carboxylic acids is 2. The Hall–Kier alpha value is -3.67. The number of pyridine rings is 1. The molecule has 3 aromatic rings. The molecular weight excluding hydrogens is 402 g/mol. The molecule has 0 atom stereocenters. The fourth-order valence-electron chi connectivity index (χ4n) is 3.14. The van der Waals surface area contributed by atoms with Gasteiger partial charge in [-0.25, -0.2) is 9.78 Å². The first-order valence-corrected chi connectivity index (χ1v) is 10.8. The third kappa shape index (κ3) is 6.94. The van der Waals surface area contributed by atoms with E-state index in [2.05, 4.69) is 29.5 Å². The Morgan fingerprint density at radius 3 is 2.44 bits per heavy atom. The van der Waals surface area contributed by atoms with Gasteiger partial charge in [0, 0.05) is 18.7 Å². The van der Waals surface area contributed by atoms with E-state index in [1.54, 1.807) is 6.07 Å². The van der Waals surface area contributed by atoms with Gasteiger partial charge in [-0.3, -0.25) is 4.79 Å². The summed E-state index contributed by atoms with van der Waals surface area (Å²) in [5.74, 6) is 0.334. The predicted octanol–water partition coefficient (Wildman–Crippen LogP) is 4.95. The first kappa shape index (κ1) is 23.0. The molecule has 0 spiro atoms. The molecule has 0 saturated carbocycles. The average Bonchev–Trinajstić information content (AvgIpc) is 2.82. The van der Waals surface area contributed by atoms with Gasteiger partial charge in [0.15, 0.2) is 0 Å². The lowest BCUT2D eigenvalue weighted by atomic mass is 10.0. The van der Waals surface area contributed by atoms with Crippen LogP contribution in [0.5, 0.6) is 0 Å². The van der Waals surface area contributed by atoms with Gasteiger partial charge in [0.1, 0.15) is 12.3 Å². The fourth-order valence-corrected chi connectivity index (χ4v) is 3.14. The number of alkyl carbamates (subject to hydrolysis) is 1. The maximum absolute atomic E-state index is 12.5. The van der Waals surface area contributed by atoms with Gasteiger partial charge >= 0.3 is 6.09 Å². The number of aromatic nitrogens is 1. The van der Waals surface area contributed by atoms with Crippen molar-refractivity contribution in [1.29, 1.82) is 0 Å². The summed E-state index contributed by atoms with van der Waals surface area (Å²) in [5, 5.41) is 5.70. The summed E-state index contributed by atoms with van der Waals surface area (Å²) >= 11 is 0. The van der Waals surface area contributed by atoms with Gasteiger partial charge in [-0.1, -0.05) is 74.5 Å². The van der Waals surface area contributed by atoms with E-state index in [-0.39, 0.29) is 19.1 Å². The van der Waals surface area contributed by atoms with Crippen LogP contribution in [0.2, 0.25) is 0 Å². The quantitative estimate of drug-likeness (QED) is 0.502. The Bertz CT molecular complexity index is 1040. The Morgan fingerprint density at radius 1 is 0.906 bits per heavy atom. The fraction of sp³-hybridized carbons (Fsp3) is 0.269. The smallest absolute Gasteiger partial charge is 0.407 e. The van der Waals surface area contributed by atoms with Crippen LogP contribution in [-0.4, -0.2) is 23.5 Å². The van der Waals surface area contributed by atoms with Crippen LogP contribution < -0.4 is 10.6 Å². The number of benzene rings is 2. The summed E-state index contributed by atoms with van der Waals surface area (Å²) in [6.07, 6.45) is 0.426. The second-order valence-corrected chi connectivity index (χ2v) is 7.92. The Labute approximate surface area is 189 Å². The van der Waals surface area contributed by atoms with Crippen molar-refractivity contribution in [3.8, 4) is 11.3 Å². The Morgan fingerprint density at radius 2 is 1.66 bits per heavy atom. The van der Waals surface area contributed by atoms with Gasteiger partial charge < -0.3 is 15.4 Å². The number of nitrogens with one attached hydrogen (secondary N) is 2. The molecule has 2 amide bonds. The molecule has 32 heavy (non-hydrogen) atoms. The minimum absolute atomic E-state index is 0.187. The second kappa shape index (κ2) is 11.6. The van der Waals surface area contributed by atoms with Gasteiger partial charge in [0.05, 0.1) is 5.69 Å². The van der Waals surface area contributed by atoms with Crippen LogP contribution in [0.25, 0.3) is 11.3 Å². The molecule has 166 valence electrons. The van der Waals surface area contributed by atoms with E-state index in [1.807, 2.05) is 66.7 Å². The molecule has 0 unspecified atom stereocenters. The molecular formula is C26H29N3O3. The van der Waals surface area contributed by atoms with Crippen molar-refractivity contribution in [1.82, 2.24) is 15.6 Å². The molecule has 0 bridgehead atoms. The maximum Gasteiger partial charge on any atom is 0.407 e. The van der Waals surface area contributed by atoms with Crippen molar-refractivity contribution in [3.05, 3.63) is 89.6 Å². The van der Waals surface area contributed by atoms with E-state index in [4.69, 9.17) is 4.74 Å². The third-order valence-electron chi connectivity index (χ3n) is 4.92. The van der Waals surface area contributed by atoms with E-state index in [1.165, 1.54) is 0 Å². The number of rotatable bonds is 9. The monoisotopic (exact) mass is 431 g/mol. The predicted molar refractivity (Wildman–Crippen MR) is 125 cm³/mol. The number of carbonyl (C=O) groups is 2. The number of amides is 2. The highest BCUT2D eigenvalue weighted by Gasteiger charge is 2.12. The summed E-state index contributed by atoms with van der Waals surface area (Å²) < 4.78 is 5.28. The van der Waals surface area contributed by atoms with Crippen LogP contribution in [0.3, 0.4) is 0 Å². The van der Waals surface area contributed by atoms with Crippen molar-refractivity contribution in [3.63, 3.8) is 0 Å². The first-order valence-electron chi connectivity index (χ1n) is 10.8. The van der Waals surface area contributed by atoms with Crippen molar-refractivity contribution >= 4 is 12.0 Å². The van der Waals surface area contributed by atoms with Gasteiger partial charge in [-0.05, 0) is 35.6 Å². The first-order chi connectivity index (χ1) is 15.5. The minimum Gasteiger partial charge on any atom is -0.445 e. The molecule has 0 aliphatic heterocycles. The van der Waals surface area contributed by atoms with Crippen molar-refractivity contribution in [2.45, 2.75) is 33.4 Å². The van der Waals surface area contributed by atoms with Crippen LogP contribution in [0.4, 0.5) is 4.79 Å². The van der Waals surface area contributed by atoms with E-state index in [9.17, 15) is 9.59 Å². The molecule has 6 heteroatoms. The zero-order chi connectivity index (χ0) is 22.8. The minimum atomic E-state index is -0.491. The number of nitrogens with zero attached hydrogens (tertiary/aromatic N) is 1. The van der Waals surface area contributed by atoms with Gasteiger partial charge in [0.25, 0.3) is 5.91 Å². The normalized spacial score (nSPS) is 10.6. The number of hydrogen-bond donors (Lipinski definition) is 2. The molecule has 1 heterocycles. The Balaban J connectivity index is 1.63. The summed E-state index contributed by atoms with van der Waals surface area (Å²) in [4.78, 5) is 29.1. The van der Waals surface area contributed by atoms with Gasteiger partial charge in [-0.2, -0.15) is 0 Å². The molecule has 1 aromatic heterocycles. The lowest BCUT2D eigenvalue weighted by Crippen LogP contribution is -2.26. The van der Waals surface area contributed by atoms with Crippen molar-refractivity contribution in [2.75, 3.05) is 6.54 Å². The Kier molecular flexibility index (Phi) is 8.37. The molecule has 0 fully saturated rings. The van der Waals surface area contributed by atoms with Crippen LogP contribution in [-0.2, 0) is 17.9 Å². The molecule has 3 rings (SSSR count). The summed E-state index contributed by atoms with van der Waals surface area (Å²) in [6, 6.07) is 22.6. The van der Waals surface area contributed by atoms with Crippen LogP contribution in [0.1, 0.15) is 41.9 Å². The molecule has 0 saturated heterocycles. The maximum atomic E-state index is 12.5. The van der Waals surface area contributed by atoms with Gasteiger partial charge in [0.2, 0.25) is 0 Å². The van der Waals surface area contributed by atoms with E-state index in [0.717, 1.165) is 23.1 Å². The number of ether oxygens (including phenoxy) is 1. The molecule has 0 aliphatic carbocycles. The largest absolute Gasteiger partial charge is 0.445 e. The zero-order valence-corrected chi connectivity index (χ0v) is 18.5. The molecule has 6 nitrogen and oxygen atoms in total. The molecule has 0 radical (unpaired) electrons. The van der Waals surface area contributed by atoms with Crippen molar-refractivity contribution in [2.24, 2.45) is 5.92 Å². The SMILES string of the molecule is CC(C)CCNC(=O)c1cccc(-c2ccccc2CNC(=O)OCc2ccccc2)n1. The van der Waals surface area contributed by atoms with Gasteiger partial charge in [-0.15, -0.1) is 0 Å². The van der Waals surface area contributed by atoms with E-state index in [0.29, 0.717) is 23.9 Å². The lowest BCUT2D eigenvalue weighted by Gasteiger charge is -2.12. The molecule has 2 aromatic carbocycles. The lowest BCUT2D eigenvalue weighted by molar-refractivity contribution is 0.0947. The van der Waals surface area contributed by atoms with E-state index >= 15 is 0 Å². The third-order valence-corrected chi connectivity index (χ3v) is 4.92. The van der Waals surface area contributed by atoms with Crippen LogP contribution >= 0.6 is 0 Å². The molecule has 2 N–H and O–H groups in total. The molecule has 0 aliphatic rings. The summed E-state index contributed by atoms with van der Waals surface area (Å²) in [5.41, 5.74) is 3.71.